The van der Waals surface area contributed by atoms with E-state index in [2.05, 4.69) is 10.2 Å². The normalized spacial score (nSPS) is 18.9. The summed E-state index contributed by atoms with van der Waals surface area (Å²) >= 11 is 0. The second kappa shape index (κ2) is 7.14. The molecule has 1 aromatic carbocycles. The molecule has 1 aromatic rings. The number of amides is 1. The third kappa shape index (κ3) is 3.87. The Hall–Kier alpha value is -1.75. The smallest absolute Gasteiger partial charge is 0.237 e. The minimum absolute atomic E-state index is 0.0346. The van der Waals surface area contributed by atoms with E-state index in [1.54, 1.807) is 7.05 Å². The molecule has 1 amide bonds. The van der Waals surface area contributed by atoms with Gasteiger partial charge < -0.3 is 15.8 Å². The summed E-state index contributed by atoms with van der Waals surface area (Å²) in [5, 5.41) is 2.73. The van der Waals surface area contributed by atoms with Crippen molar-refractivity contribution < 1.29 is 9.53 Å². The van der Waals surface area contributed by atoms with E-state index < -0.39 is 0 Å². The quantitative estimate of drug-likeness (QED) is 0.606. The van der Waals surface area contributed by atoms with Gasteiger partial charge in [-0.1, -0.05) is 6.07 Å². The molecule has 1 unspecified atom stereocenters. The molecule has 1 fully saturated rings. The number of nitrogen functional groups attached to an aromatic ring is 1. The molecule has 0 saturated carbocycles. The first-order chi connectivity index (χ1) is 9.70. The number of likely N-dealkylation sites (tertiary alicyclic amines) is 1. The molecule has 0 aromatic heterocycles. The number of rotatable bonds is 6. The van der Waals surface area contributed by atoms with Crippen molar-refractivity contribution in [3.8, 4) is 5.75 Å². The van der Waals surface area contributed by atoms with Crippen molar-refractivity contribution in [1.82, 2.24) is 10.2 Å². The molecule has 1 saturated heterocycles. The number of nitrogens with zero attached hydrogens (tertiary/aromatic N) is 1. The standard InChI is InChI=1S/C15H23N3O2/c1-17-15(19)14-7-3-8-18(14)9-4-10-20-13-6-2-5-12(16)11-13/h2,5-6,11,14H,3-4,7-10,16H2,1H3,(H,17,19). The Morgan fingerprint density at radius 2 is 2.40 bits per heavy atom. The lowest BCUT2D eigenvalue weighted by Gasteiger charge is -2.22. The van der Waals surface area contributed by atoms with Crippen LogP contribution < -0.4 is 15.8 Å². The number of nitrogens with two attached hydrogens (primary N) is 1. The van der Waals surface area contributed by atoms with Crippen LogP contribution in [0.2, 0.25) is 0 Å². The Bertz CT molecular complexity index is 450. The van der Waals surface area contributed by atoms with Crippen LogP contribution in [0.1, 0.15) is 19.3 Å². The Balaban J connectivity index is 1.71. The zero-order valence-corrected chi connectivity index (χ0v) is 12.0. The summed E-state index contributed by atoms with van der Waals surface area (Å²) in [6.07, 6.45) is 2.95. The van der Waals surface area contributed by atoms with Crippen molar-refractivity contribution in [2.75, 3.05) is 32.5 Å². The minimum atomic E-state index is 0.0346. The van der Waals surface area contributed by atoms with Gasteiger partial charge in [-0.05, 0) is 37.9 Å². The van der Waals surface area contributed by atoms with E-state index in [4.69, 9.17) is 10.5 Å². The number of carbonyl (C=O) groups is 1. The van der Waals surface area contributed by atoms with E-state index in [0.29, 0.717) is 12.3 Å². The fraction of sp³-hybridized carbons (Fsp3) is 0.533. The van der Waals surface area contributed by atoms with E-state index in [1.807, 2.05) is 24.3 Å². The maximum atomic E-state index is 11.7. The average molecular weight is 277 g/mol. The number of anilines is 1. The van der Waals surface area contributed by atoms with Gasteiger partial charge in [0.05, 0.1) is 12.6 Å². The lowest BCUT2D eigenvalue weighted by molar-refractivity contribution is -0.125. The predicted octanol–water partition coefficient (Wildman–Crippen LogP) is 1.25. The Labute approximate surface area is 120 Å². The number of benzene rings is 1. The number of hydrogen-bond acceptors (Lipinski definition) is 4. The summed E-state index contributed by atoms with van der Waals surface area (Å²) in [6, 6.07) is 7.48. The van der Waals surface area contributed by atoms with Gasteiger partial charge in [0.15, 0.2) is 0 Å². The van der Waals surface area contributed by atoms with Gasteiger partial charge in [0.2, 0.25) is 5.91 Å². The fourth-order valence-electron chi connectivity index (χ4n) is 2.62. The molecule has 110 valence electrons. The van der Waals surface area contributed by atoms with E-state index in [0.717, 1.165) is 38.1 Å². The monoisotopic (exact) mass is 277 g/mol. The summed E-state index contributed by atoms with van der Waals surface area (Å²) in [6.45, 7) is 2.52. The van der Waals surface area contributed by atoms with Gasteiger partial charge in [0.1, 0.15) is 5.75 Å². The Morgan fingerprint density at radius 3 is 3.15 bits per heavy atom. The highest BCUT2D eigenvalue weighted by Crippen LogP contribution is 2.18. The van der Waals surface area contributed by atoms with Crippen molar-refractivity contribution in [3.63, 3.8) is 0 Å². The highest BCUT2D eigenvalue weighted by Gasteiger charge is 2.29. The number of ether oxygens (including phenoxy) is 1. The minimum Gasteiger partial charge on any atom is -0.493 e. The van der Waals surface area contributed by atoms with Crippen LogP contribution in [-0.2, 0) is 4.79 Å². The van der Waals surface area contributed by atoms with Crippen LogP contribution in [0.3, 0.4) is 0 Å². The van der Waals surface area contributed by atoms with Crippen molar-refractivity contribution in [1.29, 1.82) is 0 Å². The van der Waals surface area contributed by atoms with Crippen LogP contribution in [0.15, 0.2) is 24.3 Å². The number of likely N-dealkylation sites (N-methyl/N-ethyl adjacent to an activating group) is 1. The highest BCUT2D eigenvalue weighted by atomic mass is 16.5. The first-order valence-corrected chi connectivity index (χ1v) is 7.14. The SMILES string of the molecule is CNC(=O)C1CCCN1CCCOc1cccc(N)c1. The molecule has 3 N–H and O–H groups in total. The molecular formula is C15H23N3O2. The Morgan fingerprint density at radius 1 is 1.55 bits per heavy atom. The zero-order valence-electron chi connectivity index (χ0n) is 12.0. The first kappa shape index (κ1) is 14.7. The van der Waals surface area contributed by atoms with E-state index >= 15 is 0 Å². The fourth-order valence-corrected chi connectivity index (χ4v) is 2.62. The van der Waals surface area contributed by atoms with Crippen LogP contribution in [-0.4, -0.2) is 43.6 Å². The average Bonchev–Trinajstić information content (AvgIpc) is 2.91. The molecular weight excluding hydrogens is 254 g/mol. The number of hydrogen-bond donors (Lipinski definition) is 2. The van der Waals surface area contributed by atoms with Gasteiger partial charge in [-0.25, -0.2) is 0 Å². The van der Waals surface area contributed by atoms with Crippen LogP contribution in [0.25, 0.3) is 0 Å². The van der Waals surface area contributed by atoms with Crippen molar-refractivity contribution in [3.05, 3.63) is 24.3 Å². The van der Waals surface area contributed by atoms with Gasteiger partial charge in [-0.3, -0.25) is 9.69 Å². The first-order valence-electron chi connectivity index (χ1n) is 7.14. The van der Waals surface area contributed by atoms with Gasteiger partial charge in [0, 0.05) is 25.3 Å². The third-order valence-corrected chi connectivity index (χ3v) is 3.63. The lowest BCUT2D eigenvalue weighted by Crippen LogP contribution is -2.42. The summed E-state index contributed by atoms with van der Waals surface area (Å²) < 4.78 is 5.66. The molecule has 20 heavy (non-hydrogen) atoms. The predicted molar refractivity (Wildman–Crippen MR) is 79.6 cm³/mol. The van der Waals surface area contributed by atoms with Crippen LogP contribution in [0, 0.1) is 0 Å². The summed E-state index contributed by atoms with van der Waals surface area (Å²) in [4.78, 5) is 14.0. The summed E-state index contributed by atoms with van der Waals surface area (Å²) in [7, 11) is 1.70. The van der Waals surface area contributed by atoms with Crippen molar-refractivity contribution in [2.24, 2.45) is 0 Å². The number of carbonyl (C=O) groups excluding carboxylic acids is 1. The van der Waals surface area contributed by atoms with Gasteiger partial charge >= 0.3 is 0 Å². The molecule has 0 radical (unpaired) electrons. The van der Waals surface area contributed by atoms with Gasteiger partial charge in [-0.15, -0.1) is 0 Å². The van der Waals surface area contributed by atoms with Gasteiger partial charge in [-0.2, -0.15) is 0 Å². The molecule has 0 aliphatic carbocycles. The van der Waals surface area contributed by atoms with Crippen molar-refractivity contribution >= 4 is 11.6 Å². The van der Waals surface area contributed by atoms with Crippen molar-refractivity contribution in [2.45, 2.75) is 25.3 Å². The largest absolute Gasteiger partial charge is 0.493 e. The number of nitrogens with one attached hydrogen (secondary N) is 1. The summed E-state index contributed by atoms with van der Waals surface area (Å²) in [5.74, 6) is 0.925. The molecule has 1 heterocycles. The Kier molecular flexibility index (Phi) is 5.24. The van der Waals surface area contributed by atoms with Crippen LogP contribution in [0.4, 0.5) is 5.69 Å². The lowest BCUT2D eigenvalue weighted by atomic mass is 10.2. The van der Waals surface area contributed by atoms with Gasteiger partial charge in [0.25, 0.3) is 0 Å². The molecule has 0 bridgehead atoms. The van der Waals surface area contributed by atoms with Crippen LogP contribution >= 0.6 is 0 Å². The topological polar surface area (TPSA) is 67.6 Å². The molecule has 0 spiro atoms. The highest BCUT2D eigenvalue weighted by molar-refractivity contribution is 5.81. The van der Waals surface area contributed by atoms with Crippen LogP contribution in [0.5, 0.6) is 5.75 Å². The third-order valence-electron chi connectivity index (χ3n) is 3.63. The maximum Gasteiger partial charge on any atom is 0.237 e. The molecule has 1 atom stereocenters. The molecule has 5 heteroatoms. The summed E-state index contributed by atoms with van der Waals surface area (Å²) in [5.41, 5.74) is 6.41. The van der Waals surface area contributed by atoms with E-state index in [-0.39, 0.29) is 11.9 Å². The molecule has 1 aliphatic rings. The molecule has 5 nitrogen and oxygen atoms in total. The second-order valence-electron chi connectivity index (χ2n) is 5.08. The van der Waals surface area contributed by atoms with E-state index in [9.17, 15) is 4.79 Å². The molecule has 1 aliphatic heterocycles. The zero-order chi connectivity index (χ0) is 14.4. The van der Waals surface area contributed by atoms with E-state index in [1.165, 1.54) is 0 Å². The molecule has 2 rings (SSSR count). The maximum absolute atomic E-state index is 11.7. The second-order valence-corrected chi connectivity index (χ2v) is 5.08.